The van der Waals surface area contributed by atoms with E-state index in [4.69, 9.17) is 5.73 Å². The molecular weight excluding hydrogens is 333 g/mol. The maximum atomic E-state index is 13.2. The zero-order valence-corrected chi connectivity index (χ0v) is 13.3. The number of aromatic nitrogens is 1. The van der Waals surface area contributed by atoms with Gasteiger partial charge in [0.2, 0.25) is 0 Å². The lowest BCUT2D eigenvalue weighted by atomic mass is 10.1. The number of nitrogens with zero attached hydrogens (tertiary/aromatic N) is 3. The highest BCUT2D eigenvalue weighted by Crippen LogP contribution is 2.36. The van der Waals surface area contributed by atoms with Crippen molar-refractivity contribution in [1.29, 1.82) is 0 Å². The maximum absolute atomic E-state index is 13.2. The van der Waals surface area contributed by atoms with Gasteiger partial charge in [-0.2, -0.15) is 13.2 Å². The van der Waals surface area contributed by atoms with Crippen LogP contribution in [0.4, 0.5) is 24.7 Å². The van der Waals surface area contributed by atoms with Crippen molar-refractivity contribution in [3.05, 3.63) is 53.7 Å². The van der Waals surface area contributed by atoms with E-state index in [0.717, 1.165) is 6.07 Å². The van der Waals surface area contributed by atoms with Crippen LogP contribution in [0.5, 0.6) is 0 Å². The van der Waals surface area contributed by atoms with Crippen LogP contribution in [-0.4, -0.2) is 37.1 Å². The number of hydrogen-bond donors (Lipinski definition) is 1. The first-order valence-electron chi connectivity index (χ1n) is 7.71. The predicted octanol–water partition coefficient (Wildman–Crippen LogP) is 2.33. The lowest BCUT2D eigenvalue weighted by Gasteiger charge is -2.37. The number of carbonyl (C=O) groups excluding carboxylic acids is 1. The van der Waals surface area contributed by atoms with E-state index in [-0.39, 0.29) is 11.4 Å². The SMILES string of the molecule is NC(=O)c1[c]ccc(N2CCN(c3ccccc3C(F)(F)F)CC2)n1. The highest BCUT2D eigenvalue weighted by Gasteiger charge is 2.35. The average Bonchev–Trinajstić information content (AvgIpc) is 2.61. The van der Waals surface area contributed by atoms with Gasteiger partial charge < -0.3 is 15.5 Å². The molecule has 25 heavy (non-hydrogen) atoms. The highest BCUT2D eigenvalue weighted by atomic mass is 19.4. The van der Waals surface area contributed by atoms with Crippen LogP contribution in [0.3, 0.4) is 0 Å². The summed E-state index contributed by atoms with van der Waals surface area (Å²) in [5, 5.41) is 0. The molecular formula is C17H16F3N4O. The Kier molecular flexibility index (Phi) is 4.52. The lowest BCUT2D eigenvalue weighted by Crippen LogP contribution is -2.47. The molecule has 0 bridgehead atoms. The topological polar surface area (TPSA) is 62.5 Å². The van der Waals surface area contributed by atoms with Gasteiger partial charge in [0.25, 0.3) is 5.91 Å². The van der Waals surface area contributed by atoms with Crippen molar-refractivity contribution in [2.24, 2.45) is 5.73 Å². The van der Waals surface area contributed by atoms with Crippen LogP contribution >= 0.6 is 0 Å². The van der Waals surface area contributed by atoms with Gasteiger partial charge in [0.15, 0.2) is 0 Å². The van der Waals surface area contributed by atoms with Crippen molar-refractivity contribution >= 4 is 17.4 Å². The molecule has 8 heteroatoms. The van der Waals surface area contributed by atoms with E-state index in [0.29, 0.717) is 32.0 Å². The second-order valence-corrected chi connectivity index (χ2v) is 5.65. The quantitative estimate of drug-likeness (QED) is 0.924. The Hall–Kier alpha value is -2.77. The molecule has 0 unspecified atom stereocenters. The third kappa shape index (κ3) is 3.67. The second kappa shape index (κ2) is 6.62. The number of halogens is 3. The third-order valence-corrected chi connectivity index (χ3v) is 4.07. The zero-order valence-electron chi connectivity index (χ0n) is 13.3. The molecule has 2 aromatic rings. The van der Waals surface area contributed by atoms with Crippen LogP contribution in [0.2, 0.25) is 0 Å². The van der Waals surface area contributed by atoms with Crippen molar-refractivity contribution in [3.8, 4) is 0 Å². The average molecular weight is 349 g/mol. The summed E-state index contributed by atoms with van der Waals surface area (Å²) in [6.07, 6.45) is -4.39. The van der Waals surface area contributed by atoms with Gasteiger partial charge in [-0.15, -0.1) is 0 Å². The summed E-state index contributed by atoms with van der Waals surface area (Å²) >= 11 is 0. The standard InChI is InChI=1S/C17H16F3N4O/c18-17(19,20)12-4-1-2-6-14(12)23-8-10-24(11-9-23)15-7-3-5-13(22-15)16(21)25/h1-4,6-7H,8-11H2,(H2,21,25). The van der Waals surface area contributed by atoms with Crippen LogP contribution in [0.15, 0.2) is 36.4 Å². The van der Waals surface area contributed by atoms with Crippen LogP contribution in [-0.2, 0) is 6.18 Å². The number of alkyl halides is 3. The Morgan fingerprint density at radius 3 is 2.36 bits per heavy atom. The first kappa shape index (κ1) is 17.1. The first-order valence-corrected chi connectivity index (χ1v) is 7.71. The van der Waals surface area contributed by atoms with Gasteiger partial charge in [-0.25, -0.2) is 4.98 Å². The van der Waals surface area contributed by atoms with Crippen molar-refractivity contribution in [2.45, 2.75) is 6.18 Å². The predicted molar refractivity (Wildman–Crippen MR) is 87.5 cm³/mol. The fourth-order valence-corrected chi connectivity index (χ4v) is 2.85. The van der Waals surface area contributed by atoms with Crippen LogP contribution in [0.1, 0.15) is 16.1 Å². The van der Waals surface area contributed by atoms with E-state index >= 15 is 0 Å². The number of primary amides is 1. The summed E-state index contributed by atoms with van der Waals surface area (Å²) < 4.78 is 39.5. The molecule has 0 spiro atoms. The Morgan fingerprint density at radius 2 is 1.72 bits per heavy atom. The number of anilines is 2. The molecule has 0 aliphatic carbocycles. The minimum absolute atomic E-state index is 0.0438. The van der Waals surface area contributed by atoms with Gasteiger partial charge >= 0.3 is 6.18 Å². The number of para-hydroxylation sites is 1. The fourth-order valence-electron chi connectivity index (χ4n) is 2.85. The number of benzene rings is 1. The van der Waals surface area contributed by atoms with E-state index in [1.165, 1.54) is 12.1 Å². The molecule has 1 aliphatic heterocycles. The number of pyridine rings is 1. The Labute approximate surface area is 142 Å². The molecule has 3 rings (SSSR count). The highest BCUT2D eigenvalue weighted by molar-refractivity contribution is 5.90. The smallest absolute Gasteiger partial charge is 0.367 e. The third-order valence-electron chi connectivity index (χ3n) is 4.07. The van der Waals surface area contributed by atoms with Crippen molar-refractivity contribution in [1.82, 2.24) is 4.98 Å². The molecule has 2 heterocycles. The van der Waals surface area contributed by atoms with E-state index < -0.39 is 17.6 Å². The summed E-state index contributed by atoms with van der Waals surface area (Å²) in [6.45, 7) is 1.81. The van der Waals surface area contributed by atoms with Gasteiger partial charge in [0.05, 0.1) is 5.56 Å². The number of hydrogen-bond acceptors (Lipinski definition) is 4. The van der Waals surface area contributed by atoms with Crippen LogP contribution < -0.4 is 15.5 Å². The molecule has 1 saturated heterocycles. The lowest BCUT2D eigenvalue weighted by molar-refractivity contribution is -0.137. The summed E-state index contributed by atoms with van der Waals surface area (Å²) in [4.78, 5) is 19.0. The minimum Gasteiger partial charge on any atom is -0.367 e. The molecule has 1 aromatic heterocycles. The Bertz CT molecular complexity index is 770. The molecule has 1 amide bonds. The van der Waals surface area contributed by atoms with Gasteiger partial charge in [-0.05, 0) is 24.3 Å². The van der Waals surface area contributed by atoms with Gasteiger partial charge in [0, 0.05) is 37.9 Å². The van der Waals surface area contributed by atoms with Crippen LogP contribution in [0.25, 0.3) is 0 Å². The van der Waals surface area contributed by atoms with Gasteiger partial charge in [-0.3, -0.25) is 4.79 Å². The van der Waals surface area contributed by atoms with Crippen molar-refractivity contribution in [3.63, 3.8) is 0 Å². The monoisotopic (exact) mass is 349 g/mol. The molecule has 1 radical (unpaired) electrons. The maximum Gasteiger partial charge on any atom is 0.418 e. The molecule has 5 nitrogen and oxygen atoms in total. The number of carbonyl (C=O) groups is 1. The van der Waals surface area contributed by atoms with E-state index in [1.807, 2.05) is 4.90 Å². The fraction of sp³-hybridized carbons (Fsp3) is 0.294. The van der Waals surface area contributed by atoms with Crippen molar-refractivity contribution < 1.29 is 18.0 Å². The summed E-state index contributed by atoms with van der Waals surface area (Å²) in [7, 11) is 0. The zero-order chi connectivity index (χ0) is 18.0. The number of amides is 1. The normalized spacial score (nSPS) is 15.3. The molecule has 0 atom stereocenters. The number of nitrogens with two attached hydrogens (primary N) is 1. The Balaban J connectivity index is 1.75. The number of rotatable bonds is 3. The van der Waals surface area contributed by atoms with E-state index in [9.17, 15) is 18.0 Å². The second-order valence-electron chi connectivity index (χ2n) is 5.65. The molecule has 0 saturated carbocycles. The largest absolute Gasteiger partial charge is 0.418 e. The Morgan fingerprint density at radius 1 is 1.08 bits per heavy atom. The van der Waals surface area contributed by atoms with E-state index in [1.54, 1.807) is 23.1 Å². The summed E-state index contributed by atoms with van der Waals surface area (Å²) in [5.74, 6) is -0.101. The van der Waals surface area contributed by atoms with E-state index in [2.05, 4.69) is 11.1 Å². The molecule has 2 N–H and O–H groups in total. The first-order chi connectivity index (χ1) is 11.9. The molecule has 1 aliphatic rings. The summed E-state index contributed by atoms with van der Waals surface area (Å²) in [6, 6.07) is 11.5. The molecule has 131 valence electrons. The van der Waals surface area contributed by atoms with Crippen LogP contribution in [0, 0.1) is 6.07 Å². The van der Waals surface area contributed by atoms with Gasteiger partial charge in [0.1, 0.15) is 11.5 Å². The van der Waals surface area contributed by atoms with Gasteiger partial charge in [-0.1, -0.05) is 12.1 Å². The summed E-state index contributed by atoms with van der Waals surface area (Å²) in [5.41, 5.74) is 4.80. The van der Waals surface area contributed by atoms with Crippen molar-refractivity contribution in [2.75, 3.05) is 36.0 Å². The minimum atomic E-state index is -4.39. The number of piperazine rings is 1. The molecule has 1 aromatic carbocycles. The molecule has 1 fully saturated rings.